The number of carbonyl (C=O) groups excluding carboxylic acids is 1. The molecule has 2 saturated heterocycles. The monoisotopic (exact) mass is 234 g/mol. The first-order valence-electron chi connectivity index (χ1n) is 6.36. The number of hydrogen-bond donors (Lipinski definition) is 2. The predicted octanol–water partition coefficient (Wildman–Crippen LogP) is 0.766. The fraction of sp³-hybridized carbons (Fsp3) is 0.667. The van der Waals surface area contributed by atoms with E-state index in [0.717, 1.165) is 19.4 Å². The number of carbonyl (C=O) groups is 1. The van der Waals surface area contributed by atoms with Crippen LogP contribution in [-0.2, 0) is 0 Å². The van der Waals surface area contributed by atoms with E-state index in [1.807, 2.05) is 0 Å². The van der Waals surface area contributed by atoms with Crippen LogP contribution in [0.4, 0.5) is 0 Å². The molecule has 3 rings (SSSR count). The van der Waals surface area contributed by atoms with Crippen molar-refractivity contribution in [3.8, 4) is 0 Å². The van der Waals surface area contributed by atoms with Crippen molar-refractivity contribution in [2.45, 2.75) is 37.8 Å². The van der Waals surface area contributed by atoms with Crippen LogP contribution < -0.4 is 5.32 Å². The zero-order valence-electron chi connectivity index (χ0n) is 9.85. The molecule has 0 spiro atoms. The van der Waals surface area contributed by atoms with Crippen molar-refractivity contribution < 1.29 is 4.79 Å². The van der Waals surface area contributed by atoms with Gasteiger partial charge in [0.1, 0.15) is 0 Å². The first kappa shape index (κ1) is 10.8. The first-order valence-corrected chi connectivity index (χ1v) is 6.36. The van der Waals surface area contributed by atoms with E-state index >= 15 is 0 Å². The van der Waals surface area contributed by atoms with Gasteiger partial charge in [0.05, 0.1) is 11.8 Å². The summed E-state index contributed by atoms with van der Waals surface area (Å²) < 4.78 is 0. The van der Waals surface area contributed by atoms with Gasteiger partial charge in [-0.2, -0.15) is 5.10 Å². The maximum Gasteiger partial charge on any atom is 0.254 e. The summed E-state index contributed by atoms with van der Waals surface area (Å²) in [7, 11) is 0. The van der Waals surface area contributed by atoms with Gasteiger partial charge in [-0.1, -0.05) is 0 Å². The van der Waals surface area contributed by atoms with Crippen molar-refractivity contribution in [3.63, 3.8) is 0 Å². The van der Waals surface area contributed by atoms with Crippen LogP contribution in [0.25, 0.3) is 0 Å². The Bertz CT molecular complexity index is 389. The van der Waals surface area contributed by atoms with E-state index in [1.54, 1.807) is 12.4 Å². The summed E-state index contributed by atoms with van der Waals surface area (Å²) in [4.78, 5) is 14.4. The van der Waals surface area contributed by atoms with Gasteiger partial charge >= 0.3 is 0 Å². The standard InChI is InChI=1S/C12H18N4O/c17-12(9-7-13-14-8-9)15-10-3-5-16-4-1-2-11(16)6-10/h7-8,10-11H,1-6H2,(H,13,14)(H,15,17). The number of piperidine rings is 1. The molecule has 1 aromatic heterocycles. The van der Waals surface area contributed by atoms with Crippen LogP contribution in [0, 0.1) is 0 Å². The molecule has 2 aliphatic heterocycles. The average molecular weight is 234 g/mol. The van der Waals surface area contributed by atoms with Gasteiger partial charge in [-0.15, -0.1) is 0 Å². The van der Waals surface area contributed by atoms with E-state index in [1.165, 1.54) is 19.4 Å². The van der Waals surface area contributed by atoms with Crippen LogP contribution in [-0.4, -0.2) is 46.2 Å². The van der Waals surface area contributed by atoms with E-state index in [9.17, 15) is 4.79 Å². The Labute approximate surface area is 101 Å². The largest absolute Gasteiger partial charge is 0.349 e. The highest BCUT2D eigenvalue weighted by Crippen LogP contribution is 2.26. The number of rotatable bonds is 2. The molecular formula is C12H18N4O. The molecule has 2 atom stereocenters. The normalized spacial score (nSPS) is 28.9. The topological polar surface area (TPSA) is 61.0 Å². The molecular weight excluding hydrogens is 216 g/mol. The summed E-state index contributed by atoms with van der Waals surface area (Å²) in [5.41, 5.74) is 0.624. The summed E-state index contributed by atoms with van der Waals surface area (Å²) in [6, 6.07) is 1.02. The van der Waals surface area contributed by atoms with Crippen LogP contribution in [0.5, 0.6) is 0 Å². The van der Waals surface area contributed by atoms with Crippen molar-refractivity contribution in [2.75, 3.05) is 13.1 Å². The second-order valence-electron chi connectivity index (χ2n) is 5.01. The van der Waals surface area contributed by atoms with Gasteiger partial charge in [0.25, 0.3) is 5.91 Å². The Kier molecular flexibility index (Phi) is 2.84. The fourth-order valence-corrected chi connectivity index (χ4v) is 3.00. The Morgan fingerprint density at radius 2 is 2.41 bits per heavy atom. The molecule has 1 aromatic rings. The molecule has 0 aromatic carbocycles. The van der Waals surface area contributed by atoms with Crippen molar-refractivity contribution >= 4 is 5.91 Å². The Balaban J connectivity index is 1.57. The predicted molar refractivity (Wildman–Crippen MR) is 63.7 cm³/mol. The second-order valence-corrected chi connectivity index (χ2v) is 5.01. The highest BCUT2D eigenvalue weighted by atomic mass is 16.1. The van der Waals surface area contributed by atoms with Gasteiger partial charge in [0, 0.05) is 24.8 Å². The molecule has 2 N–H and O–H groups in total. The molecule has 2 unspecified atom stereocenters. The minimum Gasteiger partial charge on any atom is -0.349 e. The molecule has 92 valence electrons. The lowest BCUT2D eigenvalue weighted by atomic mass is 9.97. The van der Waals surface area contributed by atoms with Crippen molar-refractivity contribution in [1.29, 1.82) is 0 Å². The summed E-state index contributed by atoms with van der Waals surface area (Å²) in [6.45, 7) is 2.37. The maximum absolute atomic E-state index is 11.9. The maximum atomic E-state index is 11.9. The van der Waals surface area contributed by atoms with E-state index in [-0.39, 0.29) is 5.91 Å². The molecule has 2 fully saturated rings. The fourth-order valence-electron chi connectivity index (χ4n) is 3.00. The number of nitrogens with one attached hydrogen (secondary N) is 2. The molecule has 0 bridgehead atoms. The molecule has 3 heterocycles. The molecule has 2 aliphatic rings. The summed E-state index contributed by atoms with van der Waals surface area (Å²) in [5.74, 6) is -0.00445. The Morgan fingerprint density at radius 3 is 3.24 bits per heavy atom. The molecule has 5 heteroatoms. The van der Waals surface area contributed by atoms with Crippen molar-refractivity contribution in [3.05, 3.63) is 18.0 Å². The van der Waals surface area contributed by atoms with Crippen LogP contribution in [0.2, 0.25) is 0 Å². The highest BCUT2D eigenvalue weighted by Gasteiger charge is 2.32. The molecule has 5 nitrogen and oxygen atoms in total. The van der Waals surface area contributed by atoms with Crippen LogP contribution in [0.1, 0.15) is 36.0 Å². The number of nitrogens with zero attached hydrogens (tertiary/aromatic N) is 2. The number of aromatic amines is 1. The first-order chi connectivity index (χ1) is 8.33. The quantitative estimate of drug-likeness (QED) is 0.794. The third-order valence-electron chi connectivity index (χ3n) is 3.92. The lowest BCUT2D eigenvalue weighted by Crippen LogP contribution is -2.47. The molecule has 0 radical (unpaired) electrons. The second kappa shape index (κ2) is 4.49. The molecule has 1 amide bonds. The number of amides is 1. The van der Waals surface area contributed by atoms with Gasteiger partial charge in [0.15, 0.2) is 0 Å². The number of aromatic nitrogens is 2. The molecule has 0 saturated carbocycles. The molecule has 17 heavy (non-hydrogen) atoms. The third kappa shape index (κ3) is 2.20. The summed E-state index contributed by atoms with van der Waals surface area (Å²) in [5, 5.41) is 9.57. The van der Waals surface area contributed by atoms with Gasteiger partial charge in [-0.05, 0) is 32.2 Å². The van der Waals surface area contributed by atoms with Gasteiger partial charge in [-0.3, -0.25) is 9.89 Å². The van der Waals surface area contributed by atoms with E-state index in [2.05, 4.69) is 20.4 Å². The van der Waals surface area contributed by atoms with Crippen LogP contribution in [0.3, 0.4) is 0 Å². The summed E-state index contributed by atoms with van der Waals surface area (Å²) in [6.07, 6.45) is 7.98. The lowest BCUT2D eigenvalue weighted by Gasteiger charge is -2.35. The van der Waals surface area contributed by atoms with E-state index < -0.39 is 0 Å². The van der Waals surface area contributed by atoms with Gasteiger partial charge in [-0.25, -0.2) is 0 Å². The smallest absolute Gasteiger partial charge is 0.254 e. The average Bonchev–Trinajstić information content (AvgIpc) is 2.99. The van der Waals surface area contributed by atoms with Crippen molar-refractivity contribution in [1.82, 2.24) is 20.4 Å². The Hall–Kier alpha value is -1.36. The van der Waals surface area contributed by atoms with Crippen LogP contribution >= 0.6 is 0 Å². The Morgan fingerprint density at radius 1 is 1.47 bits per heavy atom. The zero-order valence-corrected chi connectivity index (χ0v) is 9.85. The van der Waals surface area contributed by atoms with Gasteiger partial charge < -0.3 is 10.2 Å². The molecule has 0 aliphatic carbocycles. The highest BCUT2D eigenvalue weighted by molar-refractivity contribution is 5.93. The minimum absolute atomic E-state index is 0.00445. The number of hydrogen-bond acceptors (Lipinski definition) is 3. The van der Waals surface area contributed by atoms with Crippen LogP contribution in [0.15, 0.2) is 12.4 Å². The minimum atomic E-state index is -0.00445. The van der Waals surface area contributed by atoms with E-state index in [4.69, 9.17) is 0 Å². The van der Waals surface area contributed by atoms with Gasteiger partial charge in [0.2, 0.25) is 0 Å². The zero-order chi connectivity index (χ0) is 11.7. The van der Waals surface area contributed by atoms with E-state index in [0.29, 0.717) is 17.6 Å². The van der Waals surface area contributed by atoms with Crippen molar-refractivity contribution in [2.24, 2.45) is 0 Å². The number of H-pyrrole nitrogens is 1. The SMILES string of the molecule is O=C(NC1CCN2CCCC2C1)c1cn[nH]c1. The lowest BCUT2D eigenvalue weighted by molar-refractivity contribution is 0.0896. The third-order valence-corrected chi connectivity index (χ3v) is 3.92. The number of fused-ring (bicyclic) bond motifs is 1. The summed E-state index contributed by atoms with van der Waals surface area (Å²) >= 11 is 0.